The van der Waals surface area contributed by atoms with Gasteiger partial charge < -0.3 is 25.8 Å². The third-order valence-corrected chi connectivity index (χ3v) is 9.47. The summed E-state index contributed by atoms with van der Waals surface area (Å²) in [5, 5.41) is 9.35. The van der Waals surface area contributed by atoms with Gasteiger partial charge in [-0.1, -0.05) is 18.2 Å². The van der Waals surface area contributed by atoms with E-state index in [0.29, 0.717) is 39.5 Å². The number of thiophene rings is 1. The number of rotatable bonds is 10. The molecule has 5 aromatic rings. The van der Waals surface area contributed by atoms with Gasteiger partial charge in [-0.25, -0.2) is 18.4 Å². The van der Waals surface area contributed by atoms with Gasteiger partial charge in [0.15, 0.2) is 11.6 Å². The summed E-state index contributed by atoms with van der Waals surface area (Å²) >= 11 is 1.39. The Labute approximate surface area is 282 Å². The number of nitrogens with two attached hydrogens (primary N) is 1. The van der Waals surface area contributed by atoms with E-state index in [2.05, 4.69) is 25.3 Å². The molecule has 1 saturated heterocycles. The number of hydrogen-bond donors (Lipinski definition) is 4. The number of anilines is 4. The number of hydrogen-bond acceptors (Lipinski definition) is 11. The number of amides is 2. The highest BCUT2D eigenvalue weighted by atomic mass is 32.2. The molecular formula is C33H35N7O6S2. The Hall–Kier alpha value is -5.25. The summed E-state index contributed by atoms with van der Waals surface area (Å²) in [6, 6.07) is 19.9. The minimum absolute atomic E-state index is 0.00463. The van der Waals surface area contributed by atoms with E-state index in [9.17, 15) is 18.0 Å². The van der Waals surface area contributed by atoms with Crippen LogP contribution in [0.5, 0.6) is 11.5 Å². The summed E-state index contributed by atoms with van der Waals surface area (Å²) in [6.45, 7) is 1.01. The predicted molar refractivity (Wildman–Crippen MR) is 187 cm³/mol. The Kier molecular flexibility index (Phi) is 10.7. The molecule has 1 aliphatic rings. The van der Waals surface area contributed by atoms with Gasteiger partial charge in [0.05, 0.1) is 41.8 Å². The number of fused-ring (bicyclic) bond motifs is 1. The third-order valence-electron chi connectivity index (χ3n) is 7.45. The first-order valence-corrected chi connectivity index (χ1v) is 17.2. The molecule has 2 aromatic heterocycles. The van der Waals surface area contributed by atoms with E-state index in [1.807, 2.05) is 18.0 Å². The number of primary amides is 1. The Balaban J connectivity index is 0.000000434. The van der Waals surface area contributed by atoms with E-state index < -0.39 is 10.0 Å². The monoisotopic (exact) mass is 689 g/mol. The molecule has 5 N–H and O–H groups in total. The molecule has 15 heteroatoms. The first kappa shape index (κ1) is 34.1. The van der Waals surface area contributed by atoms with Crippen LogP contribution in [0.1, 0.15) is 23.2 Å². The lowest BCUT2D eigenvalue weighted by Crippen LogP contribution is -2.37. The van der Waals surface area contributed by atoms with Crippen LogP contribution in [0.25, 0.3) is 11.0 Å². The highest BCUT2D eigenvalue weighted by molar-refractivity contribution is 7.92. The largest absolute Gasteiger partial charge is 0.497 e. The number of nitrogens with one attached hydrogen (secondary N) is 3. The number of aromatic nitrogens is 2. The van der Waals surface area contributed by atoms with Crippen molar-refractivity contribution >= 4 is 67.2 Å². The number of nitrogens with zero attached hydrogens (tertiary/aromatic N) is 3. The highest BCUT2D eigenvalue weighted by Crippen LogP contribution is 2.31. The quantitative estimate of drug-likeness (QED) is 0.155. The average molecular weight is 690 g/mol. The topological polar surface area (TPSA) is 178 Å². The van der Waals surface area contributed by atoms with Crippen molar-refractivity contribution in [3.63, 3.8) is 0 Å². The second-order valence-corrected chi connectivity index (χ2v) is 13.2. The summed E-state index contributed by atoms with van der Waals surface area (Å²) < 4.78 is 40.1. The molecule has 0 saturated carbocycles. The van der Waals surface area contributed by atoms with Crippen molar-refractivity contribution in [3.8, 4) is 11.5 Å². The second kappa shape index (κ2) is 15.1. The van der Waals surface area contributed by atoms with Crippen molar-refractivity contribution in [1.29, 1.82) is 0 Å². The van der Waals surface area contributed by atoms with Crippen molar-refractivity contribution < 1.29 is 27.5 Å². The fourth-order valence-corrected chi connectivity index (χ4v) is 6.66. The molecule has 13 nitrogen and oxygen atoms in total. The van der Waals surface area contributed by atoms with Crippen LogP contribution in [0.15, 0.2) is 88.5 Å². The molecule has 3 heterocycles. The zero-order valence-electron chi connectivity index (χ0n) is 26.5. The predicted octanol–water partition coefficient (Wildman–Crippen LogP) is 5.07. The highest BCUT2D eigenvalue weighted by Gasteiger charge is 2.25. The number of para-hydroxylation sites is 2. The van der Waals surface area contributed by atoms with E-state index in [-0.39, 0.29) is 34.4 Å². The van der Waals surface area contributed by atoms with E-state index in [1.165, 1.54) is 37.7 Å². The Morgan fingerprint density at radius 2 is 1.60 bits per heavy atom. The summed E-state index contributed by atoms with van der Waals surface area (Å²) in [4.78, 5) is 34.1. The smallest absolute Gasteiger partial charge is 0.263 e. The maximum absolute atomic E-state index is 13.5. The zero-order chi connectivity index (χ0) is 34.3. The molecule has 1 fully saturated rings. The number of benzene rings is 3. The lowest BCUT2D eigenvalue weighted by Gasteiger charge is -2.15. The Morgan fingerprint density at radius 1 is 0.917 bits per heavy atom. The summed E-state index contributed by atoms with van der Waals surface area (Å²) in [7, 11) is 0.873. The number of likely N-dealkylation sites (N-methyl/N-ethyl adjacent to an activating group) is 1. The Morgan fingerprint density at radius 3 is 2.17 bits per heavy atom. The van der Waals surface area contributed by atoms with Crippen molar-refractivity contribution in [2.45, 2.75) is 23.8 Å². The van der Waals surface area contributed by atoms with Crippen LogP contribution < -0.4 is 30.6 Å². The van der Waals surface area contributed by atoms with Crippen LogP contribution in [-0.2, 0) is 14.8 Å². The zero-order valence-corrected chi connectivity index (χ0v) is 28.1. The first-order chi connectivity index (χ1) is 23.1. The number of carbonyl (C=O) groups excluding carboxylic acids is 2. The van der Waals surface area contributed by atoms with Gasteiger partial charge in [-0.2, -0.15) is 11.3 Å². The van der Waals surface area contributed by atoms with E-state index in [0.717, 1.165) is 19.4 Å². The summed E-state index contributed by atoms with van der Waals surface area (Å²) in [5.74, 6) is 0.718. The molecule has 48 heavy (non-hydrogen) atoms. The molecule has 0 bridgehead atoms. The number of methoxy groups -OCH3 is 2. The van der Waals surface area contributed by atoms with Crippen molar-refractivity contribution in [2.75, 3.05) is 43.2 Å². The molecule has 0 unspecified atom stereocenters. The molecular weight excluding hydrogens is 655 g/mol. The van der Waals surface area contributed by atoms with E-state index in [4.69, 9.17) is 15.2 Å². The summed E-state index contributed by atoms with van der Waals surface area (Å²) in [6.07, 6.45) is 2.04. The molecule has 1 aliphatic heterocycles. The Bertz CT molecular complexity index is 2000. The minimum Gasteiger partial charge on any atom is -0.497 e. The second-order valence-electron chi connectivity index (χ2n) is 10.8. The molecule has 0 spiro atoms. The molecule has 3 aromatic carbocycles. The van der Waals surface area contributed by atoms with Crippen LogP contribution in [0.3, 0.4) is 0 Å². The first-order valence-electron chi connectivity index (χ1n) is 14.8. The van der Waals surface area contributed by atoms with E-state index in [1.54, 1.807) is 65.4 Å². The SMILES string of the molecule is CN1CCC[C@H]1C(N)=O.COc1cc(Nc2nc3ccccc3nc2NS(=O)(=O)c2cccc(NC(=O)c3ccsc3)c2)cc(OC)c1. The van der Waals surface area contributed by atoms with Crippen LogP contribution in [-0.4, -0.2) is 69.0 Å². The van der Waals surface area contributed by atoms with Crippen molar-refractivity contribution in [3.05, 3.63) is 89.1 Å². The fourth-order valence-electron chi connectivity index (χ4n) is 4.97. The van der Waals surface area contributed by atoms with Gasteiger partial charge in [0, 0.05) is 35.0 Å². The van der Waals surface area contributed by atoms with Crippen molar-refractivity contribution in [1.82, 2.24) is 14.9 Å². The maximum Gasteiger partial charge on any atom is 0.263 e. The van der Waals surface area contributed by atoms with Crippen LogP contribution in [0, 0.1) is 0 Å². The average Bonchev–Trinajstić information content (AvgIpc) is 3.78. The molecule has 6 rings (SSSR count). The van der Waals surface area contributed by atoms with Crippen molar-refractivity contribution in [2.24, 2.45) is 5.73 Å². The number of ether oxygens (including phenoxy) is 2. The molecule has 0 radical (unpaired) electrons. The lowest BCUT2D eigenvalue weighted by molar-refractivity contribution is -0.121. The third kappa shape index (κ3) is 8.36. The lowest BCUT2D eigenvalue weighted by atomic mass is 10.2. The van der Waals surface area contributed by atoms with Gasteiger partial charge in [-0.05, 0) is 68.2 Å². The number of carbonyl (C=O) groups is 2. The van der Waals surface area contributed by atoms with Gasteiger partial charge in [-0.3, -0.25) is 19.2 Å². The normalized spacial score (nSPS) is 14.4. The summed E-state index contributed by atoms with van der Waals surface area (Å²) in [5.41, 5.74) is 7.55. The molecule has 250 valence electrons. The van der Waals surface area contributed by atoms with Gasteiger partial charge in [-0.15, -0.1) is 0 Å². The number of likely N-dealkylation sites (tertiary alicyclic amines) is 1. The minimum atomic E-state index is -4.13. The van der Waals surface area contributed by atoms with Crippen LogP contribution in [0.4, 0.5) is 23.0 Å². The molecule has 2 amide bonds. The van der Waals surface area contributed by atoms with Gasteiger partial charge >= 0.3 is 0 Å². The van der Waals surface area contributed by atoms with Gasteiger partial charge in [0.2, 0.25) is 5.91 Å². The van der Waals surface area contributed by atoms with Gasteiger partial charge in [0.25, 0.3) is 15.9 Å². The van der Waals surface area contributed by atoms with Crippen LogP contribution in [0.2, 0.25) is 0 Å². The maximum atomic E-state index is 13.5. The number of sulfonamides is 1. The standard InChI is InChI=1S/C27H23N5O5S2.C6H12N2O/c1-36-20-12-19(13-21(15-20)37-2)28-25-26(31-24-9-4-3-8-23(24)30-25)32-39(34,35)22-7-5-6-18(14-22)29-27(33)17-10-11-38-16-17;1-8-4-2-3-5(8)6(7)9/h3-16H,1-2H3,(H,28,30)(H,29,33)(H,31,32);5H,2-4H2,1H3,(H2,7,9)/t;5-/m.0/s1. The van der Waals surface area contributed by atoms with E-state index >= 15 is 0 Å². The van der Waals surface area contributed by atoms with Gasteiger partial charge in [0.1, 0.15) is 11.5 Å². The molecule has 1 atom stereocenters. The fraction of sp³-hybridized carbons (Fsp3) is 0.212. The van der Waals surface area contributed by atoms with Crippen LogP contribution >= 0.6 is 11.3 Å². The molecule has 0 aliphatic carbocycles.